The lowest BCUT2D eigenvalue weighted by atomic mass is 9.57. The molecule has 16 heavy (non-hydrogen) atoms. The minimum Gasteiger partial charge on any atom is -0.381 e. The average molecular weight is 223 g/mol. The predicted molar refractivity (Wildman–Crippen MR) is 65.5 cm³/mol. The van der Waals surface area contributed by atoms with E-state index >= 15 is 0 Å². The molecule has 0 aromatic heterocycles. The summed E-state index contributed by atoms with van der Waals surface area (Å²) in [5.74, 6) is 0. The largest absolute Gasteiger partial charge is 0.381 e. The maximum Gasteiger partial charge on any atom is 0.0601 e. The number of ether oxygens (including phenoxy) is 1. The number of rotatable bonds is 3. The molecule has 0 saturated heterocycles. The maximum absolute atomic E-state index is 5.35. The summed E-state index contributed by atoms with van der Waals surface area (Å²) >= 11 is 0. The fourth-order valence-corrected chi connectivity index (χ4v) is 3.99. The van der Waals surface area contributed by atoms with E-state index in [9.17, 15) is 0 Å². The highest BCUT2D eigenvalue weighted by Gasteiger charge is 2.48. The van der Waals surface area contributed by atoms with Gasteiger partial charge in [0.05, 0.1) is 6.10 Å². The summed E-state index contributed by atoms with van der Waals surface area (Å²) in [4.78, 5) is 0. The lowest BCUT2D eigenvalue weighted by molar-refractivity contribution is -0.0259. The molecule has 1 N–H and O–H groups in total. The standard InChI is InChI=1S/C14H25NO/c1-16-12-9-11(10-12)15-13-5-8-14(13)6-3-2-4-7-14/h11-13,15H,2-10H2,1H3. The molecule has 0 aliphatic heterocycles. The second-order valence-corrected chi connectivity index (χ2v) is 6.21. The van der Waals surface area contributed by atoms with Crippen molar-refractivity contribution < 1.29 is 4.74 Å². The van der Waals surface area contributed by atoms with Crippen molar-refractivity contribution in [1.29, 1.82) is 0 Å². The number of nitrogens with one attached hydrogen (secondary N) is 1. The summed E-state index contributed by atoms with van der Waals surface area (Å²) in [5.41, 5.74) is 0.719. The van der Waals surface area contributed by atoms with Gasteiger partial charge in [-0.05, 0) is 43.9 Å². The third-order valence-electron chi connectivity index (χ3n) is 5.38. The van der Waals surface area contributed by atoms with Crippen molar-refractivity contribution in [2.75, 3.05) is 7.11 Å². The van der Waals surface area contributed by atoms with Crippen LogP contribution < -0.4 is 5.32 Å². The van der Waals surface area contributed by atoms with Gasteiger partial charge in [0, 0.05) is 19.2 Å². The van der Waals surface area contributed by atoms with Crippen molar-refractivity contribution in [2.45, 2.75) is 76.0 Å². The molecule has 0 radical (unpaired) electrons. The van der Waals surface area contributed by atoms with Gasteiger partial charge in [0.25, 0.3) is 0 Å². The van der Waals surface area contributed by atoms with Gasteiger partial charge in [0.2, 0.25) is 0 Å². The van der Waals surface area contributed by atoms with E-state index in [-0.39, 0.29) is 0 Å². The number of methoxy groups -OCH3 is 1. The molecule has 3 fully saturated rings. The zero-order valence-electron chi connectivity index (χ0n) is 10.5. The summed E-state index contributed by atoms with van der Waals surface area (Å²) in [6, 6.07) is 1.60. The summed E-state index contributed by atoms with van der Waals surface area (Å²) < 4.78 is 5.35. The van der Waals surface area contributed by atoms with E-state index in [4.69, 9.17) is 4.74 Å². The van der Waals surface area contributed by atoms with Gasteiger partial charge in [0.1, 0.15) is 0 Å². The zero-order chi connectivity index (χ0) is 11.0. The van der Waals surface area contributed by atoms with Crippen LogP contribution in [-0.4, -0.2) is 25.3 Å². The van der Waals surface area contributed by atoms with Crippen LogP contribution in [0.2, 0.25) is 0 Å². The van der Waals surface area contributed by atoms with Gasteiger partial charge >= 0.3 is 0 Å². The van der Waals surface area contributed by atoms with Crippen LogP contribution >= 0.6 is 0 Å². The van der Waals surface area contributed by atoms with E-state index < -0.39 is 0 Å². The van der Waals surface area contributed by atoms with E-state index in [1.807, 2.05) is 7.11 Å². The Hall–Kier alpha value is -0.0800. The molecule has 3 rings (SSSR count). The Labute approximate surface area is 99.1 Å². The molecular formula is C14H25NO. The first kappa shape index (κ1) is 11.0. The molecule has 0 heterocycles. The maximum atomic E-state index is 5.35. The molecule has 3 saturated carbocycles. The molecule has 2 nitrogen and oxygen atoms in total. The molecule has 0 aromatic carbocycles. The van der Waals surface area contributed by atoms with Crippen LogP contribution in [0.5, 0.6) is 0 Å². The van der Waals surface area contributed by atoms with E-state index in [1.54, 1.807) is 0 Å². The van der Waals surface area contributed by atoms with Gasteiger partial charge in [-0.25, -0.2) is 0 Å². The van der Waals surface area contributed by atoms with Gasteiger partial charge < -0.3 is 10.1 Å². The molecular weight excluding hydrogens is 198 g/mol. The Morgan fingerprint density at radius 1 is 1.06 bits per heavy atom. The second kappa shape index (κ2) is 4.30. The molecule has 1 unspecified atom stereocenters. The minimum absolute atomic E-state index is 0.542. The molecule has 0 amide bonds. The van der Waals surface area contributed by atoms with Crippen molar-refractivity contribution >= 4 is 0 Å². The highest BCUT2D eigenvalue weighted by molar-refractivity contribution is 5.04. The van der Waals surface area contributed by atoms with Crippen molar-refractivity contribution in [3.05, 3.63) is 0 Å². The first-order valence-corrected chi connectivity index (χ1v) is 7.11. The molecule has 1 atom stereocenters. The number of hydrogen-bond donors (Lipinski definition) is 1. The van der Waals surface area contributed by atoms with Crippen LogP contribution in [0.15, 0.2) is 0 Å². The smallest absolute Gasteiger partial charge is 0.0601 e. The van der Waals surface area contributed by atoms with Crippen molar-refractivity contribution in [1.82, 2.24) is 5.32 Å². The molecule has 92 valence electrons. The van der Waals surface area contributed by atoms with Gasteiger partial charge in [-0.3, -0.25) is 0 Å². The Balaban J connectivity index is 1.49. The Morgan fingerprint density at radius 2 is 1.81 bits per heavy atom. The van der Waals surface area contributed by atoms with Gasteiger partial charge in [-0.15, -0.1) is 0 Å². The molecule has 0 aromatic rings. The van der Waals surface area contributed by atoms with E-state index in [0.29, 0.717) is 6.10 Å². The summed E-state index contributed by atoms with van der Waals surface area (Å²) in [5, 5.41) is 3.90. The van der Waals surface area contributed by atoms with Gasteiger partial charge in [0.15, 0.2) is 0 Å². The van der Waals surface area contributed by atoms with Gasteiger partial charge in [-0.1, -0.05) is 19.3 Å². The Kier molecular flexibility index (Phi) is 2.97. The van der Waals surface area contributed by atoms with E-state index in [0.717, 1.165) is 17.5 Å². The van der Waals surface area contributed by atoms with Crippen LogP contribution in [0.1, 0.15) is 57.8 Å². The van der Waals surface area contributed by atoms with Crippen molar-refractivity contribution in [2.24, 2.45) is 5.41 Å². The van der Waals surface area contributed by atoms with Crippen molar-refractivity contribution in [3.8, 4) is 0 Å². The van der Waals surface area contributed by atoms with Crippen LogP contribution in [0.4, 0.5) is 0 Å². The van der Waals surface area contributed by atoms with E-state index in [2.05, 4.69) is 5.32 Å². The summed E-state index contributed by atoms with van der Waals surface area (Å²) in [7, 11) is 1.84. The minimum atomic E-state index is 0.542. The molecule has 2 heteroatoms. The highest BCUT2D eigenvalue weighted by Crippen LogP contribution is 2.52. The number of hydrogen-bond acceptors (Lipinski definition) is 2. The monoisotopic (exact) mass is 223 g/mol. The zero-order valence-corrected chi connectivity index (χ0v) is 10.5. The Morgan fingerprint density at radius 3 is 2.38 bits per heavy atom. The first-order valence-electron chi connectivity index (χ1n) is 7.11. The van der Waals surface area contributed by atoms with E-state index in [1.165, 1.54) is 57.8 Å². The van der Waals surface area contributed by atoms with Crippen LogP contribution in [0.25, 0.3) is 0 Å². The third kappa shape index (κ3) is 1.80. The molecule has 3 aliphatic carbocycles. The second-order valence-electron chi connectivity index (χ2n) is 6.21. The average Bonchev–Trinajstić information content (AvgIpc) is 2.27. The van der Waals surface area contributed by atoms with Crippen molar-refractivity contribution in [3.63, 3.8) is 0 Å². The SMILES string of the molecule is COC1CC(NC2CCC23CCCCC3)C1. The fraction of sp³-hybridized carbons (Fsp3) is 1.00. The summed E-state index contributed by atoms with van der Waals surface area (Å²) in [6.07, 6.45) is 13.3. The Bertz CT molecular complexity index is 241. The third-order valence-corrected chi connectivity index (χ3v) is 5.38. The van der Waals surface area contributed by atoms with Crippen LogP contribution in [0, 0.1) is 5.41 Å². The normalized spacial score (nSPS) is 41.4. The highest BCUT2D eigenvalue weighted by atomic mass is 16.5. The first-order chi connectivity index (χ1) is 7.82. The van der Waals surface area contributed by atoms with Gasteiger partial charge in [-0.2, -0.15) is 0 Å². The molecule has 1 spiro atoms. The quantitative estimate of drug-likeness (QED) is 0.794. The van der Waals surface area contributed by atoms with Crippen LogP contribution in [0.3, 0.4) is 0 Å². The lowest BCUT2D eigenvalue weighted by Gasteiger charge is -2.55. The molecule has 3 aliphatic rings. The fourth-order valence-electron chi connectivity index (χ4n) is 3.99. The topological polar surface area (TPSA) is 21.3 Å². The molecule has 0 bridgehead atoms. The summed E-state index contributed by atoms with van der Waals surface area (Å²) in [6.45, 7) is 0. The lowest BCUT2D eigenvalue weighted by Crippen LogP contribution is -2.60. The predicted octanol–water partition coefficient (Wildman–Crippen LogP) is 2.87. The van der Waals surface area contributed by atoms with Crippen LogP contribution in [-0.2, 0) is 4.74 Å².